The van der Waals surface area contributed by atoms with Crippen LogP contribution in [-0.2, 0) is 0 Å². The van der Waals surface area contributed by atoms with Crippen molar-refractivity contribution in [3.8, 4) is 17.1 Å². The highest BCUT2D eigenvalue weighted by Crippen LogP contribution is 2.22. The topological polar surface area (TPSA) is 90.1 Å². The van der Waals surface area contributed by atoms with Gasteiger partial charge in [-0.3, -0.25) is 9.78 Å². The average molecular weight is 342 g/mol. The molecular weight excluding hydrogens is 327 g/mol. The minimum absolute atomic E-state index is 0.102. The molecule has 0 saturated heterocycles. The van der Waals surface area contributed by atoms with Gasteiger partial charge in [-0.05, 0) is 25.1 Å². The van der Waals surface area contributed by atoms with Gasteiger partial charge in [0, 0.05) is 11.8 Å². The maximum absolute atomic E-state index is 13.6. The first-order valence-electron chi connectivity index (χ1n) is 7.47. The Morgan fingerprint density at radius 3 is 2.96 bits per heavy atom. The maximum atomic E-state index is 13.6. The van der Waals surface area contributed by atoms with Gasteiger partial charge >= 0.3 is 0 Å². The van der Waals surface area contributed by atoms with E-state index in [1.165, 1.54) is 12.3 Å². The second-order valence-corrected chi connectivity index (χ2v) is 5.24. The van der Waals surface area contributed by atoms with Crippen LogP contribution < -0.4 is 10.1 Å². The summed E-state index contributed by atoms with van der Waals surface area (Å²) in [5.74, 6) is -0.0487. The van der Waals surface area contributed by atoms with E-state index in [0.717, 1.165) is 6.20 Å². The summed E-state index contributed by atoms with van der Waals surface area (Å²) in [7, 11) is 1.57. The summed E-state index contributed by atoms with van der Waals surface area (Å²) in [6.07, 6.45) is 2.32. The van der Waals surface area contributed by atoms with Gasteiger partial charge in [0.05, 0.1) is 18.9 Å². The first-order chi connectivity index (χ1) is 12.1. The smallest absolute Gasteiger partial charge is 0.255 e. The highest BCUT2D eigenvalue weighted by atomic mass is 19.1. The van der Waals surface area contributed by atoms with Crippen molar-refractivity contribution in [3.05, 3.63) is 60.0 Å². The molecule has 1 amide bonds. The minimum atomic E-state index is -0.699. The Morgan fingerprint density at radius 2 is 2.20 bits per heavy atom. The van der Waals surface area contributed by atoms with Crippen molar-refractivity contribution in [2.24, 2.45) is 0 Å². The lowest BCUT2D eigenvalue weighted by Crippen LogP contribution is -2.27. The van der Waals surface area contributed by atoms with E-state index < -0.39 is 17.8 Å². The fourth-order valence-electron chi connectivity index (χ4n) is 2.19. The number of amides is 1. The summed E-state index contributed by atoms with van der Waals surface area (Å²) in [4.78, 5) is 20.0. The van der Waals surface area contributed by atoms with Crippen LogP contribution in [0.5, 0.6) is 5.75 Å². The van der Waals surface area contributed by atoms with Crippen LogP contribution in [0.4, 0.5) is 4.39 Å². The summed E-state index contributed by atoms with van der Waals surface area (Å²) in [6.45, 7) is 1.67. The SMILES string of the molecule is COc1cccc(-c2noc([C@H](C)NC(=O)c3ccncc3F)n2)c1. The van der Waals surface area contributed by atoms with Crippen molar-refractivity contribution in [2.45, 2.75) is 13.0 Å². The van der Waals surface area contributed by atoms with E-state index in [-0.39, 0.29) is 11.5 Å². The molecule has 2 heterocycles. The largest absolute Gasteiger partial charge is 0.497 e. The van der Waals surface area contributed by atoms with Crippen molar-refractivity contribution in [2.75, 3.05) is 7.11 Å². The Labute approximate surface area is 142 Å². The summed E-state index contributed by atoms with van der Waals surface area (Å²) < 4.78 is 24.0. The molecule has 3 aromatic rings. The lowest BCUT2D eigenvalue weighted by atomic mass is 10.2. The number of methoxy groups -OCH3 is 1. The first kappa shape index (κ1) is 16.6. The van der Waals surface area contributed by atoms with Crippen LogP contribution in [0.15, 0.2) is 47.2 Å². The summed E-state index contributed by atoms with van der Waals surface area (Å²) in [6, 6.07) is 7.90. The molecule has 1 atom stereocenters. The van der Waals surface area contributed by atoms with Gasteiger partial charge < -0.3 is 14.6 Å². The normalized spacial score (nSPS) is 11.8. The molecule has 0 bridgehead atoms. The monoisotopic (exact) mass is 342 g/mol. The van der Waals surface area contributed by atoms with Gasteiger partial charge in [-0.25, -0.2) is 4.39 Å². The van der Waals surface area contributed by atoms with E-state index >= 15 is 0 Å². The van der Waals surface area contributed by atoms with Gasteiger partial charge in [0.15, 0.2) is 5.82 Å². The second-order valence-electron chi connectivity index (χ2n) is 5.24. The molecule has 7 nitrogen and oxygen atoms in total. The van der Waals surface area contributed by atoms with Crippen molar-refractivity contribution < 1.29 is 18.4 Å². The number of hydrogen-bond acceptors (Lipinski definition) is 6. The lowest BCUT2D eigenvalue weighted by Gasteiger charge is -2.09. The third-order valence-corrected chi connectivity index (χ3v) is 3.50. The zero-order valence-corrected chi connectivity index (χ0v) is 13.6. The Bertz CT molecular complexity index is 897. The van der Waals surface area contributed by atoms with Crippen molar-refractivity contribution >= 4 is 5.91 Å². The van der Waals surface area contributed by atoms with Crippen LogP contribution in [-0.4, -0.2) is 28.1 Å². The van der Waals surface area contributed by atoms with Crippen LogP contribution in [0.3, 0.4) is 0 Å². The fraction of sp³-hybridized carbons (Fsp3) is 0.176. The van der Waals surface area contributed by atoms with E-state index in [9.17, 15) is 9.18 Å². The van der Waals surface area contributed by atoms with Crippen molar-refractivity contribution in [3.63, 3.8) is 0 Å². The number of ether oxygens (including phenoxy) is 1. The molecule has 3 rings (SSSR count). The number of aromatic nitrogens is 3. The van der Waals surface area contributed by atoms with Crippen LogP contribution in [0.1, 0.15) is 29.2 Å². The summed E-state index contributed by atoms with van der Waals surface area (Å²) in [5.41, 5.74) is 0.613. The van der Waals surface area contributed by atoms with Gasteiger partial charge in [0.2, 0.25) is 11.7 Å². The fourth-order valence-corrected chi connectivity index (χ4v) is 2.19. The summed E-state index contributed by atoms with van der Waals surface area (Å²) in [5, 5.41) is 6.52. The zero-order chi connectivity index (χ0) is 17.8. The molecule has 2 aromatic heterocycles. The summed E-state index contributed by atoms with van der Waals surface area (Å²) >= 11 is 0. The van der Waals surface area contributed by atoms with Gasteiger partial charge in [0.25, 0.3) is 5.91 Å². The Balaban J connectivity index is 1.75. The predicted octanol–water partition coefficient (Wildman–Crippen LogP) is 2.77. The van der Waals surface area contributed by atoms with E-state index in [1.807, 2.05) is 12.1 Å². The van der Waals surface area contributed by atoms with E-state index in [0.29, 0.717) is 17.1 Å². The van der Waals surface area contributed by atoms with Gasteiger partial charge in [-0.15, -0.1) is 0 Å². The molecular formula is C17H15FN4O3. The van der Waals surface area contributed by atoms with Crippen LogP contribution >= 0.6 is 0 Å². The van der Waals surface area contributed by atoms with Gasteiger partial charge in [0.1, 0.15) is 11.8 Å². The Hall–Kier alpha value is -3.29. The van der Waals surface area contributed by atoms with Gasteiger partial charge in [-0.1, -0.05) is 17.3 Å². The van der Waals surface area contributed by atoms with Crippen molar-refractivity contribution in [1.82, 2.24) is 20.4 Å². The van der Waals surface area contributed by atoms with Gasteiger partial charge in [-0.2, -0.15) is 4.98 Å². The molecule has 128 valence electrons. The Kier molecular flexibility index (Phi) is 4.69. The van der Waals surface area contributed by atoms with Crippen LogP contribution in [0, 0.1) is 5.82 Å². The zero-order valence-electron chi connectivity index (χ0n) is 13.6. The number of carbonyl (C=O) groups is 1. The average Bonchev–Trinajstić information content (AvgIpc) is 3.12. The predicted molar refractivity (Wildman–Crippen MR) is 86.4 cm³/mol. The van der Waals surface area contributed by atoms with E-state index in [4.69, 9.17) is 9.26 Å². The number of hydrogen-bond donors (Lipinski definition) is 1. The number of nitrogens with zero attached hydrogens (tertiary/aromatic N) is 3. The number of nitrogens with one attached hydrogen (secondary N) is 1. The molecule has 0 unspecified atom stereocenters. The molecule has 0 aliphatic carbocycles. The number of halogens is 1. The third-order valence-electron chi connectivity index (χ3n) is 3.50. The minimum Gasteiger partial charge on any atom is -0.497 e. The molecule has 0 saturated carbocycles. The molecule has 1 aromatic carbocycles. The quantitative estimate of drug-likeness (QED) is 0.767. The number of rotatable bonds is 5. The highest BCUT2D eigenvalue weighted by Gasteiger charge is 2.20. The van der Waals surface area contributed by atoms with Crippen molar-refractivity contribution in [1.29, 1.82) is 0 Å². The van der Waals surface area contributed by atoms with E-state index in [1.54, 1.807) is 26.2 Å². The highest BCUT2D eigenvalue weighted by molar-refractivity contribution is 5.94. The lowest BCUT2D eigenvalue weighted by molar-refractivity contribution is 0.0928. The molecule has 0 aliphatic rings. The molecule has 0 aliphatic heterocycles. The Morgan fingerprint density at radius 1 is 1.36 bits per heavy atom. The maximum Gasteiger partial charge on any atom is 0.255 e. The van der Waals surface area contributed by atoms with Crippen LogP contribution in [0.2, 0.25) is 0 Å². The molecule has 0 fully saturated rings. The first-order valence-corrected chi connectivity index (χ1v) is 7.47. The number of carbonyl (C=O) groups excluding carboxylic acids is 1. The standard InChI is InChI=1S/C17H15FN4O3/c1-10(20-16(23)13-6-7-19-9-14(13)18)17-21-15(22-25-17)11-4-3-5-12(8-11)24-2/h3-10H,1-2H3,(H,20,23)/t10-/m0/s1. The van der Waals surface area contributed by atoms with Crippen LogP contribution in [0.25, 0.3) is 11.4 Å². The third kappa shape index (κ3) is 3.63. The molecule has 25 heavy (non-hydrogen) atoms. The molecule has 0 radical (unpaired) electrons. The number of benzene rings is 1. The van der Waals surface area contributed by atoms with E-state index in [2.05, 4.69) is 20.4 Å². The number of pyridine rings is 1. The molecule has 8 heteroatoms. The second kappa shape index (κ2) is 7.08. The molecule has 1 N–H and O–H groups in total. The molecule has 0 spiro atoms.